The number of benzene rings is 1. The Labute approximate surface area is 131 Å². The quantitative estimate of drug-likeness (QED) is 0.875. The molecule has 116 valence electrons. The molecule has 5 rings (SSSR count). The minimum Gasteiger partial charge on any atom is -0.327 e. The summed E-state index contributed by atoms with van der Waals surface area (Å²) in [5.74, 6) is 1.30. The van der Waals surface area contributed by atoms with Crippen LogP contribution in [0.15, 0.2) is 12.1 Å². The molecule has 3 heterocycles. The van der Waals surface area contributed by atoms with Crippen LogP contribution >= 0.6 is 0 Å². The summed E-state index contributed by atoms with van der Waals surface area (Å²) in [5, 5.41) is 3.47. The van der Waals surface area contributed by atoms with Crippen LogP contribution in [0.25, 0.3) is 11.0 Å². The Morgan fingerprint density at radius 3 is 2.86 bits per heavy atom. The van der Waals surface area contributed by atoms with E-state index in [9.17, 15) is 0 Å². The van der Waals surface area contributed by atoms with Gasteiger partial charge in [0.05, 0.1) is 11.0 Å². The average Bonchev–Trinajstić information content (AvgIpc) is 2.69. The highest BCUT2D eigenvalue weighted by Crippen LogP contribution is 2.28. The number of rotatable bonds is 1. The van der Waals surface area contributed by atoms with Crippen molar-refractivity contribution in [3.63, 3.8) is 0 Å². The number of aromatic nitrogens is 2. The molecule has 4 heteroatoms. The molecule has 1 aromatic carbocycles. The Balaban J connectivity index is 1.51. The van der Waals surface area contributed by atoms with Crippen molar-refractivity contribution < 1.29 is 0 Å². The molecular formula is C18H24N4. The number of nitrogens with zero attached hydrogens (tertiary/aromatic N) is 3. The summed E-state index contributed by atoms with van der Waals surface area (Å²) < 4.78 is 2.50. The molecule has 2 aliphatic heterocycles. The number of hydrogen-bond acceptors (Lipinski definition) is 3. The first-order chi connectivity index (χ1) is 10.9. The predicted octanol–water partition coefficient (Wildman–Crippen LogP) is 2.09. The smallest absolute Gasteiger partial charge is 0.111 e. The standard InChI is InChI=1S/C18H24N4/c1-2-15(3-1)21-7-5-18-20-16-10-14-12-19-6-4-13(14)11-17(16)22(18)9-8-21/h10-11,15,19H,1-9,12H2. The van der Waals surface area contributed by atoms with E-state index in [0.717, 1.165) is 38.5 Å². The van der Waals surface area contributed by atoms with E-state index >= 15 is 0 Å². The van der Waals surface area contributed by atoms with Gasteiger partial charge in [-0.05, 0) is 49.1 Å². The Hall–Kier alpha value is -1.39. The molecular weight excluding hydrogens is 272 g/mol. The Kier molecular flexibility index (Phi) is 3.01. The zero-order valence-corrected chi connectivity index (χ0v) is 13.1. The second-order valence-corrected chi connectivity index (χ2v) is 7.09. The molecule has 2 aromatic rings. The highest BCUT2D eigenvalue weighted by atomic mass is 15.2. The van der Waals surface area contributed by atoms with E-state index in [-0.39, 0.29) is 0 Å². The zero-order chi connectivity index (χ0) is 14.5. The second-order valence-electron chi connectivity index (χ2n) is 7.09. The number of hydrogen-bond donors (Lipinski definition) is 1. The molecule has 22 heavy (non-hydrogen) atoms. The van der Waals surface area contributed by atoms with Gasteiger partial charge in [0.15, 0.2) is 0 Å². The topological polar surface area (TPSA) is 33.1 Å². The van der Waals surface area contributed by atoms with Gasteiger partial charge < -0.3 is 9.88 Å². The lowest BCUT2D eigenvalue weighted by Gasteiger charge is -2.36. The van der Waals surface area contributed by atoms with E-state index in [1.165, 1.54) is 60.3 Å². The number of nitrogens with one attached hydrogen (secondary N) is 1. The highest BCUT2D eigenvalue weighted by molar-refractivity contribution is 5.78. The third kappa shape index (κ3) is 2.01. The van der Waals surface area contributed by atoms with Gasteiger partial charge in [0.1, 0.15) is 5.82 Å². The van der Waals surface area contributed by atoms with Crippen LogP contribution in [0, 0.1) is 0 Å². The monoisotopic (exact) mass is 296 g/mol. The van der Waals surface area contributed by atoms with Crippen LogP contribution in [-0.4, -0.2) is 40.1 Å². The molecule has 1 saturated carbocycles. The molecule has 0 amide bonds. The van der Waals surface area contributed by atoms with E-state index in [0.29, 0.717) is 0 Å². The maximum Gasteiger partial charge on any atom is 0.111 e. The molecule has 0 atom stereocenters. The van der Waals surface area contributed by atoms with Crippen LogP contribution < -0.4 is 5.32 Å². The summed E-state index contributed by atoms with van der Waals surface area (Å²) in [6.45, 7) is 5.61. The fraction of sp³-hybridized carbons (Fsp3) is 0.611. The number of fused-ring (bicyclic) bond motifs is 4. The summed E-state index contributed by atoms with van der Waals surface area (Å²) in [4.78, 5) is 7.67. The van der Waals surface area contributed by atoms with E-state index in [1.54, 1.807) is 0 Å². The van der Waals surface area contributed by atoms with Crippen LogP contribution in [0.3, 0.4) is 0 Å². The van der Waals surface area contributed by atoms with E-state index < -0.39 is 0 Å². The number of imidazole rings is 1. The van der Waals surface area contributed by atoms with Crippen molar-refractivity contribution in [3.8, 4) is 0 Å². The molecule has 0 saturated heterocycles. The van der Waals surface area contributed by atoms with Gasteiger partial charge in [-0.15, -0.1) is 0 Å². The van der Waals surface area contributed by atoms with Gasteiger partial charge in [-0.1, -0.05) is 6.42 Å². The molecule has 1 aromatic heterocycles. The van der Waals surface area contributed by atoms with Gasteiger partial charge in [-0.3, -0.25) is 4.90 Å². The Morgan fingerprint density at radius 1 is 1.05 bits per heavy atom. The summed E-state index contributed by atoms with van der Waals surface area (Å²) >= 11 is 0. The van der Waals surface area contributed by atoms with Crippen LogP contribution in [-0.2, 0) is 25.9 Å². The van der Waals surface area contributed by atoms with Crippen molar-refractivity contribution in [2.45, 2.75) is 51.2 Å². The molecule has 0 radical (unpaired) electrons. The van der Waals surface area contributed by atoms with Crippen molar-refractivity contribution in [1.29, 1.82) is 0 Å². The molecule has 1 aliphatic carbocycles. The van der Waals surface area contributed by atoms with Crippen LogP contribution in [0.5, 0.6) is 0 Å². The second kappa shape index (κ2) is 5.07. The van der Waals surface area contributed by atoms with Crippen molar-refractivity contribution >= 4 is 11.0 Å². The first-order valence-corrected chi connectivity index (χ1v) is 8.84. The molecule has 3 aliphatic rings. The predicted molar refractivity (Wildman–Crippen MR) is 88.1 cm³/mol. The van der Waals surface area contributed by atoms with Gasteiger partial charge in [0.2, 0.25) is 0 Å². The zero-order valence-electron chi connectivity index (χ0n) is 13.1. The average molecular weight is 296 g/mol. The van der Waals surface area contributed by atoms with Crippen LogP contribution in [0.2, 0.25) is 0 Å². The van der Waals surface area contributed by atoms with Crippen molar-refractivity contribution in [3.05, 3.63) is 29.1 Å². The van der Waals surface area contributed by atoms with Gasteiger partial charge in [0.25, 0.3) is 0 Å². The first-order valence-electron chi connectivity index (χ1n) is 8.84. The molecule has 0 unspecified atom stereocenters. The summed E-state index contributed by atoms with van der Waals surface area (Å²) in [7, 11) is 0. The van der Waals surface area contributed by atoms with Gasteiger partial charge in [0, 0.05) is 38.6 Å². The lowest BCUT2D eigenvalue weighted by Crippen LogP contribution is -2.41. The van der Waals surface area contributed by atoms with E-state index in [4.69, 9.17) is 4.98 Å². The fourth-order valence-electron chi connectivity index (χ4n) is 4.29. The Bertz CT molecular complexity index is 713. The largest absolute Gasteiger partial charge is 0.327 e. The minimum absolute atomic E-state index is 0.856. The lowest BCUT2D eigenvalue weighted by molar-refractivity contribution is 0.130. The molecule has 1 N–H and O–H groups in total. The summed E-state index contributed by atoms with van der Waals surface area (Å²) in [5.41, 5.74) is 5.54. The first kappa shape index (κ1) is 13.1. The van der Waals surface area contributed by atoms with E-state index in [1.807, 2.05) is 0 Å². The maximum atomic E-state index is 4.97. The van der Waals surface area contributed by atoms with Crippen molar-refractivity contribution in [2.75, 3.05) is 19.6 Å². The third-order valence-electron chi connectivity index (χ3n) is 5.86. The van der Waals surface area contributed by atoms with Crippen LogP contribution in [0.4, 0.5) is 0 Å². The Morgan fingerprint density at radius 2 is 2.00 bits per heavy atom. The molecule has 4 nitrogen and oxygen atoms in total. The SMILES string of the molecule is c1c2c(cc3c1nc1n3CCN(C3CCC3)CC1)CCNC2. The maximum absolute atomic E-state index is 4.97. The van der Waals surface area contributed by atoms with Gasteiger partial charge in [-0.2, -0.15) is 0 Å². The summed E-state index contributed by atoms with van der Waals surface area (Å²) in [6, 6.07) is 5.60. The van der Waals surface area contributed by atoms with E-state index in [2.05, 4.69) is 26.9 Å². The van der Waals surface area contributed by atoms with Crippen molar-refractivity contribution in [1.82, 2.24) is 19.8 Å². The van der Waals surface area contributed by atoms with Gasteiger partial charge in [-0.25, -0.2) is 4.98 Å². The minimum atomic E-state index is 0.856. The van der Waals surface area contributed by atoms with Crippen molar-refractivity contribution in [2.24, 2.45) is 0 Å². The van der Waals surface area contributed by atoms with Crippen LogP contribution in [0.1, 0.15) is 36.2 Å². The fourth-order valence-corrected chi connectivity index (χ4v) is 4.29. The summed E-state index contributed by atoms with van der Waals surface area (Å²) in [6.07, 6.45) is 6.50. The molecule has 0 bridgehead atoms. The lowest BCUT2D eigenvalue weighted by atomic mass is 9.91. The van der Waals surface area contributed by atoms with Gasteiger partial charge >= 0.3 is 0 Å². The molecule has 0 spiro atoms. The third-order valence-corrected chi connectivity index (χ3v) is 5.86. The molecule has 1 fully saturated rings. The highest BCUT2D eigenvalue weighted by Gasteiger charge is 2.27. The normalized spacial score (nSPS) is 22.9.